The lowest BCUT2D eigenvalue weighted by atomic mass is 10.1. The Morgan fingerprint density at radius 3 is 2.61 bits per heavy atom. The highest BCUT2D eigenvalue weighted by Gasteiger charge is 2.21. The number of amides is 1. The molecule has 0 unspecified atom stereocenters. The Bertz CT molecular complexity index is 1350. The van der Waals surface area contributed by atoms with Gasteiger partial charge in [-0.1, -0.05) is 24.3 Å². The molecule has 31 heavy (non-hydrogen) atoms. The number of aryl methyl sites for hydroxylation is 1. The molecule has 2 heterocycles. The van der Waals surface area contributed by atoms with E-state index in [0.717, 1.165) is 16.8 Å². The van der Waals surface area contributed by atoms with Crippen LogP contribution in [0.4, 0.5) is 11.5 Å². The Kier molecular flexibility index (Phi) is 5.05. The van der Waals surface area contributed by atoms with Crippen molar-refractivity contribution in [1.82, 2.24) is 9.55 Å². The molecule has 0 atom stereocenters. The van der Waals surface area contributed by atoms with Gasteiger partial charge >= 0.3 is 0 Å². The van der Waals surface area contributed by atoms with E-state index in [1.165, 1.54) is 0 Å². The van der Waals surface area contributed by atoms with Crippen molar-refractivity contribution in [1.29, 1.82) is 5.26 Å². The van der Waals surface area contributed by atoms with E-state index in [9.17, 15) is 10.1 Å². The summed E-state index contributed by atoms with van der Waals surface area (Å²) in [6, 6.07) is 16.6. The van der Waals surface area contributed by atoms with Crippen molar-refractivity contribution in [2.45, 2.75) is 13.8 Å². The summed E-state index contributed by atoms with van der Waals surface area (Å²) in [5, 5.41) is 13.2. The van der Waals surface area contributed by atoms with Crippen LogP contribution in [0.1, 0.15) is 27.0 Å². The van der Waals surface area contributed by atoms with Gasteiger partial charge in [0.2, 0.25) is 0 Å². The summed E-state index contributed by atoms with van der Waals surface area (Å²) in [6.07, 6.45) is 1.56. The van der Waals surface area contributed by atoms with Gasteiger partial charge in [-0.3, -0.25) is 9.36 Å². The average Bonchev–Trinajstić information content (AvgIpc) is 3.05. The second-order valence-corrected chi connectivity index (χ2v) is 7.18. The number of hydrogen-bond donors (Lipinski definition) is 2. The summed E-state index contributed by atoms with van der Waals surface area (Å²) >= 11 is 0. The normalized spacial score (nSPS) is 10.6. The van der Waals surface area contributed by atoms with Crippen molar-refractivity contribution in [3.8, 4) is 17.5 Å². The highest BCUT2D eigenvalue weighted by atomic mass is 16.5. The molecule has 0 radical (unpaired) electrons. The molecular formula is C24H21N5O2. The van der Waals surface area contributed by atoms with Crippen LogP contribution in [-0.2, 0) is 0 Å². The number of nitrogens with two attached hydrogens (primary N) is 1. The zero-order valence-corrected chi connectivity index (χ0v) is 17.4. The summed E-state index contributed by atoms with van der Waals surface area (Å²) in [5.41, 5.74) is 10.9. The van der Waals surface area contributed by atoms with Gasteiger partial charge in [0.05, 0.1) is 24.7 Å². The zero-order chi connectivity index (χ0) is 22.1. The lowest BCUT2D eigenvalue weighted by Gasteiger charge is -2.16. The molecule has 1 amide bonds. The van der Waals surface area contributed by atoms with E-state index < -0.39 is 0 Å². The van der Waals surface area contributed by atoms with Gasteiger partial charge in [-0.15, -0.1) is 0 Å². The molecule has 0 fully saturated rings. The molecule has 0 saturated heterocycles. The molecule has 7 heteroatoms. The van der Waals surface area contributed by atoms with E-state index in [0.29, 0.717) is 33.6 Å². The van der Waals surface area contributed by atoms with Crippen LogP contribution >= 0.6 is 0 Å². The van der Waals surface area contributed by atoms with Crippen molar-refractivity contribution in [2.75, 3.05) is 18.2 Å². The third-order valence-electron chi connectivity index (χ3n) is 5.28. The fraction of sp³-hybridized carbons (Fsp3) is 0.125. The molecule has 0 spiro atoms. The minimum atomic E-state index is -0.257. The van der Waals surface area contributed by atoms with Gasteiger partial charge in [0, 0.05) is 16.5 Å². The number of nitrogens with one attached hydrogen (secondary N) is 1. The molecule has 0 saturated carbocycles. The van der Waals surface area contributed by atoms with Crippen molar-refractivity contribution < 1.29 is 9.53 Å². The molecule has 3 N–H and O–H groups in total. The summed E-state index contributed by atoms with van der Waals surface area (Å²) < 4.78 is 7.23. The standard InChI is InChI=1S/C24H21N5O2/c1-14-9-10-20(31-3)15(2)21(14)29-22(26)19(12-25)18-11-17(13-27-23(18)29)28-24(30)16-7-5-4-6-8-16/h4-11,13H,26H2,1-3H3,(H,28,30). The minimum absolute atomic E-state index is 0.257. The topological polar surface area (TPSA) is 106 Å². The summed E-state index contributed by atoms with van der Waals surface area (Å²) in [7, 11) is 1.61. The molecule has 0 aliphatic rings. The smallest absolute Gasteiger partial charge is 0.255 e. The maximum Gasteiger partial charge on any atom is 0.255 e. The predicted molar refractivity (Wildman–Crippen MR) is 121 cm³/mol. The maximum absolute atomic E-state index is 12.5. The zero-order valence-electron chi connectivity index (χ0n) is 17.4. The largest absolute Gasteiger partial charge is 0.496 e. The van der Waals surface area contributed by atoms with Crippen LogP contribution in [0.25, 0.3) is 16.7 Å². The highest BCUT2D eigenvalue weighted by molar-refractivity contribution is 6.05. The van der Waals surface area contributed by atoms with Crippen LogP contribution in [0, 0.1) is 25.2 Å². The predicted octanol–water partition coefficient (Wildman–Crippen LogP) is 4.36. The van der Waals surface area contributed by atoms with Gasteiger partial charge in [-0.05, 0) is 43.7 Å². The Morgan fingerprint density at radius 1 is 1.19 bits per heavy atom. The number of carbonyl (C=O) groups excluding carboxylic acids is 1. The number of anilines is 2. The lowest BCUT2D eigenvalue weighted by molar-refractivity contribution is 0.102. The van der Waals surface area contributed by atoms with Gasteiger partial charge in [0.1, 0.15) is 28.8 Å². The van der Waals surface area contributed by atoms with Crippen LogP contribution in [0.5, 0.6) is 5.75 Å². The minimum Gasteiger partial charge on any atom is -0.496 e. The van der Waals surface area contributed by atoms with Crippen LogP contribution in [0.2, 0.25) is 0 Å². The number of benzene rings is 2. The molecule has 7 nitrogen and oxygen atoms in total. The highest BCUT2D eigenvalue weighted by Crippen LogP contribution is 2.36. The second-order valence-electron chi connectivity index (χ2n) is 7.18. The number of nitrogens with zero attached hydrogens (tertiary/aromatic N) is 3. The molecule has 0 aliphatic heterocycles. The van der Waals surface area contributed by atoms with Crippen LogP contribution in [0.3, 0.4) is 0 Å². The first-order valence-electron chi connectivity index (χ1n) is 9.67. The molecule has 0 bridgehead atoms. The maximum atomic E-state index is 12.5. The number of methoxy groups -OCH3 is 1. The van der Waals surface area contributed by atoms with Crippen LogP contribution in [-0.4, -0.2) is 22.6 Å². The monoisotopic (exact) mass is 411 g/mol. The third-order valence-corrected chi connectivity index (χ3v) is 5.28. The SMILES string of the molecule is COc1ccc(C)c(-n2c(N)c(C#N)c3cc(NC(=O)c4ccccc4)cnc32)c1C. The van der Waals surface area contributed by atoms with E-state index in [-0.39, 0.29) is 11.7 Å². The summed E-state index contributed by atoms with van der Waals surface area (Å²) in [4.78, 5) is 17.1. The van der Waals surface area contributed by atoms with Crippen LogP contribution in [0.15, 0.2) is 54.7 Å². The molecule has 4 rings (SSSR count). The summed E-state index contributed by atoms with van der Waals surface area (Å²) in [5.74, 6) is 0.746. The van der Waals surface area contributed by atoms with Gasteiger partial charge in [0.15, 0.2) is 0 Å². The Balaban J connectivity index is 1.87. The fourth-order valence-corrected chi connectivity index (χ4v) is 3.77. The molecule has 2 aromatic heterocycles. The number of carbonyl (C=O) groups is 1. The number of pyridine rings is 1. The molecule has 4 aromatic rings. The Hall–Kier alpha value is -4.31. The molecular weight excluding hydrogens is 390 g/mol. The van der Waals surface area contributed by atoms with Crippen molar-refractivity contribution in [2.24, 2.45) is 0 Å². The number of ether oxygens (including phenoxy) is 1. The van der Waals surface area contributed by atoms with Gasteiger partial charge in [-0.2, -0.15) is 5.26 Å². The first-order chi connectivity index (χ1) is 15.0. The fourth-order valence-electron chi connectivity index (χ4n) is 3.77. The second kappa shape index (κ2) is 7.84. The first-order valence-corrected chi connectivity index (χ1v) is 9.67. The van der Waals surface area contributed by atoms with Gasteiger partial charge in [-0.25, -0.2) is 4.98 Å². The first kappa shape index (κ1) is 20.0. The van der Waals surface area contributed by atoms with E-state index >= 15 is 0 Å². The lowest BCUT2D eigenvalue weighted by Crippen LogP contribution is -2.12. The number of aromatic nitrogens is 2. The van der Waals surface area contributed by atoms with Gasteiger partial charge < -0.3 is 15.8 Å². The number of fused-ring (bicyclic) bond motifs is 1. The number of rotatable bonds is 4. The number of nitriles is 1. The van der Waals surface area contributed by atoms with Crippen LogP contribution < -0.4 is 15.8 Å². The van der Waals surface area contributed by atoms with E-state index in [1.54, 1.807) is 48.2 Å². The van der Waals surface area contributed by atoms with Crippen molar-refractivity contribution >= 4 is 28.4 Å². The molecule has 0 aliphatic carbocycles. The summed E-state index contributed by atoms with van der Waals surface area (Å²) in [6.45, 7) is 3.90. The number of nitrogen functional groups attached to an aromatic ring is 1. The van der Waals surface area contributed by atoms with E-state index in [1.807, 2.05) is 32.0 Å². The quantitative estimate of drug-likeness (QED) is 0.519. The average molecular weight is 411 g/mol. The van der Waals surface area contributed by atoms with E-state index in [4.69, 9.17) is 10.5 Å². The number of hydrogen-bond acceptors (Lipinski definition) is 5. The molecule has 2 aromatic carbocycles. The Labute approximate surface area is 179 Å². The van der Waals surface area contributed by atoms with Gasteiger partial charge in [0.25, 0.3) is 5.91 Å². The third kappa shape index (κ3) is 3.34. The van der Waals surface area contributed by atoms with Crippen molar-refractivity contribution in [3.63, 3.8) is 0 Å². The Morgan fingerprint density at radius 2 is 1.94 bits per heavy atom. The van der Waals surface area contributed by atoms with E-state index in [2.05, 4.69) is 16.4 Å². The van der Waals surface area contributed by atoms with Crippen molar-refractivity contribution in [3.05, 3.63) is 77.0 Å². The molecule has 154 valence electrons.